The summed E-state index contributed by atoms with van der Waals surface area (Å²) >= 11 is 0. The normalized spacial score (nSPS) is 18.4. The molecule has 0 aliphatic carbocycles. The minimum atomic E-state index is 0.233. The van der Waals surface area contributed by atoms with Gasteiger partial charge in [-0.15, -0.1) is 10.2 Å². The van der Waals surface area contributed by atoms with Crippen LogP contribution in [-0.4, -0.2) is 21.3 Å². The van der Waals surface area contributed by atoms with Crippen LogP contribution in [0.15, 0.2) is 28.7 Å². The molecule has 3 aromatic rings. The van der Waals surface area contributed by atoms with Crippen molar-refractivity contribution in [3.8, 4) is 11.6 Å². The van der Waals surface area contributed by atoms with Crippen molar-refractivity contribution in [2.75, 3.05) is 6.54 Å². The van der Waals surface area contributed by atoms with E-state index >= 15 is 0 Å². The molecule has 4 rings (SSSR count). The molecule has 1 unspecified atom stereocenters. The highest BCUT2D eigenvalue weighted by molar-refractivity contribution is 5.82. The largest absolute Gasteiger partial charge is 0.453 e. The van der Waals surface area contributed by atoms with Crippen LogP contribution in [0.25, 0.3) is 22.6 Å². The fourth-order valence-electron chi connectivity index (χ4n) is 2.80. The van der Waals surface area contributed by atoms with Crippen molar-refractivity contribution < 1.29 is 4.42 Å². The van der Waals surface area contributed by atoms with Gasteiger partial charge in [0.1, 0.15) is 11.4 Å². The lowest BCUT2D eigenvalue weighted by Crippen LogP contribution is -2.32. The zero-order valence-electron chi connectivity index (χ0n) is 11.6. The molecule has 20 heavy (non-hydrogen) atoms. The molecule has 1 aliphatic rings. The molecule has 3 heterocycles. The standard InChI is InChI=1S/C15H16N4O/c1-9-3-4-12-11(7-9)8-13(20-12)15-18-17-14-10(2)16-5-6-19(14)15/h3-4,7-8,10,16H,5-6H2,1-2H3. The number of aromatic nitrogens is 3. The Morgan fingerprint density at radius 3 is 3.10 bits per heavy atom. The van der Waals surface area contributed by atoms with Crippen molar-refractivity contribution in [1.29, 1.82) is 0 Å². The Morgan fingerprint density at radius 2 is 2.20 bits per heavy atom. The first-order valence-electron chi connectivity index (χ1n) is 6.89. The van der Waals surface area contributed by atoms with Gasteiger partial charge in [-0.2, -0.15) is 0 Å². The van der Waals surface area contributed by atoms with Crippen LogP contribution in [0.4, 0.5) is 0 Å². The van der Waals surface area contributed by atoms with E-state index in [4.69, 9.17) is 4.42 Å². The highest BCUT2D eigenvalue weighted by atomic mass is 16.3. The van der Waals surface area contributed by atoms with Gasteiger partial charge in [0.2, 0.25) is 0 Å². The zero-order valence-corrected chi connectivity index (χ0v) is 11.6. The number of hydrogen-bond donors (Lipinski definition) is 1. The second-order valence-electron chi connectivity index (χ2n) is 5.36. The van der Waals surface area contributed by atoms with Crippen LogP contribution in [0.1, 0.15) is 24.4 Å². The van der Waals surface area contributed by atoms with E-state index in [1.54, 1.807) is 0 Å². The van der Waals surface area contributed by atoms with Crippen molar-refractivity contribution in [3.05, 3.63) is 35.7 Å². The van der Waals surface area contributed by atoms with Crippen LogP contribution in [-0.2, 0) is 6.54 Å². The maximum atomic E-state index is 5.93. The van der Waals surface area contributed by atoms with Gasteiger partial charge in [-0.1, -0.05) is 11.6 Å². The Morgan fingerprint density at radius 1 is 1.30 bits per heavy atom. The molecule has 5 heteroatoms. The number of furan rings is 1. The van der Waals surface area contributed by atoms with Crippen molar-refractivity contribution in [3.63, 3.8) is 0 Å². The van der Waals surface area contributed by atoms with Crippen molar-refractivity contribution in [1.82, 2.24) is 20.1 Å². The molecular weight excluding hydrogens is 252 g/mol. The quantitative estimate of drug-likeness (QED) is 0.737. The Hall–Kier alpha value is -2.14. The van der Waals surface area contributed by atoms with E-state index in [0.717, 1.165) is 41.5 Å². The number of rotatable bonds is 1. The van der Waals surface area contributed by atoms with Gasteiger partial charge in [-0.3, -0.25) is 0 Å². The summed E-state index contributed by atoms with van der Waals surface area (Å²) in [6.07, 6.45) is 0. The van der Waals surface area contributed by atoms with Crippen LogP contribution in [0, 0.1) is 6.92 Å². The van der Waals surface area contributed by atoms with Gasteiger partial charge in [0.05, 0.1) is 6.04 Å². The summed E-state index contributed by atoms with van der Waals surface area (Å²) in [7, 11) is 0. The molecule has 0 radical (unpaired) electrons. The van der Waals surface area contributed by atoms with Gasteiger partial charge in [0, 0.05) is 18.5 Å². The van der Waals surface area contributed by atoms with E-state index in [1.165, 1.54) is 5.56 Å². The van der Waals surface area contributed by atoms with Gasteiger partial charge in [-0.05, 0) is 32.0 Å². The van der Waals surface area contributed by atoms with Crippen LogP contribution in [0.3, 0.4) is 0 Å². The summed E-state index contributed by atoms with van der Waals surface area (Å²) < 4.78 is 8.07. The number of nitrogens with zero attached hydrogens (tertiary/aromatic N) is 3. The lowest BCUT2D eigenvalue weighted by molar-refractivity contribution is 0.437. The Kier molecular flexibility index (Phi) is 2.44. The average Bonchev–Trinajstić information content (AvgIpc) is 3.01. The minimum Gasteiger partial charge on any atom is -0.453 e. The van der Waals surface area contributed by atoms with E-state index in [9.17, 15) is 0 Å². The Labute approximate surface area is 116 Å². The monoisotopic (exact) mass is 268 g/mol. The fourth-order valence-corrected chi connectivity index (χ4v) is 2.80. The molecule has 1 aliphatic heterocycles. The van der Waals surface area contributed by atoms with Gasteiger partial charge in [0.25, 0.3) is 0 Å². The first kappa shape index (κ1) is 11.7. The summed E-state index contributed by atoms with van der Waals surface area (Å²) in [5, 5.41) is 13.1. The van der Waals surface area contributed by atoms with Crippen LogP contribution >= 0.6 is 0 Å². The van der Waals surface area contributed by atoms with E-state index in [1.807, 2.05) is 12.1 Å². The van der Waals surface area contributed by atoms with E-state index < -0.39 is 0 Å². The number of nitrogens with one attached hydrogen (secondary N) is 1. The maximum Gasteiger partial charge on any atom is 0.199 e. The smallest absolute Gasteiger partial charge is 0.199 e. The predicted octanol–water partition coefficient (Wildman–Crippen LogP) is 2.66. The van der Waals surface area contributed by atoms with E-state index in [-0.39, 0.29) is 6.04 Å². The molecule has 0 amide bonds. The van der Waals surface area contributed by atoms with Gasteiger partial charge < -0.3 is 14.3 Å². The van der Waals surface area contributed by atoms with E-state index in [2.05, 4.69) is 46.1 Å². The summed E-state index contributed by atoms with van der Waals surface area (Å²) in [5.41, 5.74) is 2.12. The van der Waals surface area contributed by atoms with Crippen LogP contribution in [0.2, 0.25) is 0 Å². The Bertz CT molecular complexity index is 786. The van der Waals surface area contributed by atoms with Gasteiger partial charge in [0.15, 0.2) is 11.6 Å². The molecule has 0 spiro atoms. The third-order valence-corrected chi connectivity index (χ3v) is 3.84. The molecule has 0 saturated heterocycles. The molecule has 2 aromatic heterocycles. The second kappa shape index (κ2) is 4.18. The van der Waals surface area contributed by atoms with Gasteiger partial charge in [-0.25, -0.2) is 0 Å². The second-order valence-corrected chi connectivity index (χ2v) is 5.36. The SMILES string of the molecule is Cc1ccc2oc(-c3nnc4n3CCNC4C)cc2c1. The van der Waals surface area contributed by atoms with E-state index in [0.29, 0.717) is 0 Å². The molecule has 1 atom stereocenters. The molecule has 0 fully saturated rings. The van der Waals surface area contributed by atoms with Gasteiger partial charge >= 0.3 is 0 Å². The number of aryl methyl sites for hydroxylation is 1. The average molecular weight is 268 g/mol. The summed E-state index contributed by atoms with van der Waals surface area (Å²) in [6, 6.07) is 8.47. The Balaban J connectivity index is 1.87. The summed E-state index contributed by atoms with van der Waals surface area (Å²) in [5.74, 6) is 2.59. The van der Waals surface area contributed by atoms with Crippen LogP contribution < -0.4 is 5.32 Å². The highest BCUT2D eigenvalue weighted by Crippen LogP contribution is 2.29. The van der Waals surface area contributed by atoms with Crippen LogP contribution in [0.5, 0.6) is 0 Å². The number of fused-ring (bicyclic) bond motifs is 2. The lowest BCUT2D eigenvalue weighted by Gasteiger charge is -2.21. The van der Waals surface area contributed by atoms with Crippen molar-refractivity contribution in [2.45, 2.75) is 26.4 Å². The third kappa shape index (κ3) is 1.67. The lowest BCUT2D eigenvalue weighted by atomic mass is 10.2. The number of hydrogen-bond acceptors (Lipinski definition) is 4. The first-order valence-corrected chi connectivity index (χ1v) is 6.89. The highest BCUT2D eigenvalue weighted by Gasteiger charge is 2.23. The molecule has 0 bridgehead atoms. The third-order valence-electron chi connectivity index (χ3n) is 3.84. The van der Waals surface area contributed by atoms with Crippen molar-refractivity contribution in [2.24, 2.45) is 0 Å². The summed E-state index contributed by atoms with van der Waals surface area (Å²) in [4.78, 5) is 0. The zero-order chi connectivity index (χ0) is 13.7. The molecule has 1 aromatic carbocycles. The molecule has 102 valence electrons. The molecule has 5 nitrogen and oxygen atoms in total. The van der Waals surface area contributed by atoms with Crippen molar-refractivity contribution >= 4 is 11.0 Å². The summed E-state index contributed by atoms with van der Waals surface area (Å²) in [6.45, 7) is 5.99. The molecule has 0 saturated carbocycles. The topological polar surface area (TPSA) is 55.9 Å². The fraction of sp³-hybridized carbons (Fsp3) is 0.333. The first-order chi connectivity index (χ1) is 9.72. The molecular formula is C15H16N4O. The molecule has 1 N–H and O–H groups in total. The minimum absolute atomic E-state index is 0.233. The predicted molar refractivity (Wildman–Crippen MR) is 76.4 cm³/mol. The maximum absolute atomic E-state index is 5.93. The number of benzene rings is 1.